The van der Waals surface area contributed by atoms with Crippen LogP contribution in [0.1, 0.15) is 5.56 Å². The lowest BCUT2D eigenvalue weighted by Gasteiger charge is -2.26. The molecule has 0 saturated carbocycles. The smallest absolute Gasteiger partial charge is 0.294 e. The van der Waals surface area contributed by atoms with E-state index < -0.39 is 14.9 Å². The van der Waals surface area contributed by atoms with Gasteiger partial charge in [-0.25, -0.2) is 8.42 Å². The first kappa shape index (κ1) is 19.8. The molecule has 1 aliphatic heterocycles. The van der Waals surface area contributed by atoms with Crippen molar-refractivity contribution in [1.29, 1.82) is 5.26 Å². The summed E-state index contributed by atoms with van der Waals surface area (Å²) in [7, 11) is -3.83. The van der Waals surface area contributed by atoms with Gasteiger partial charge in [0.2, 0.25) is 10.0 Å². The normalized spacial score (nSPS) is 15.0. The minimum atomic E-state index is -3.83. The van der Waals surface area contributed by atoms with Gasteiger partial charge < -0.3 is 10.1 Å². The predicted molar refractivity (Wildman–Crippen MR) is 102 cm³/mol. The van der Waals surface area contributed by atoms with E-state index in [9.17, 15) is 18.5 Å². The second kappa shape index (κ2) is 8.35. The Morgan fingerprint density at radius 2 is 1.86 bits per heavy atom. The topological polar surface area (TPSA) is 126 Å². The van der Waals surface area contributed by atoms with Crippen molar-refractivity contribution in [2.75, 3.05) is 31.6 Å². The lowest BCUT2D eigenvalue weighted by molar-refractivity contribution is -0.384. The van der Waals surface area contributed by atoms with Gasteiger partial charge in [-0.05, 0) is 29.8 Å². The molecular weight excluding hydrogens is 384 g/mol. The number of nitriles is 1. The molecule has 2 aromatic rings. The lowest BCUT2D eigenvalue weighted by Crippen LogP contribution is -2.40. The molecule has 1 aliphatic rings. The van der Waals surface area contributed by atoms with Crippen LogP contribution in [0.2, 0.25) is 0 Å². The maximum atomic E-state index is 12.7. The number of nitro groups is 1. The molecule has 0 atom stereocenters. The fraction of sp³-hybridized carbons (Fsp3) is 0.278. The number of sulfonamides is 1. The van der Waals surface area contributed by atoms with Crippen LogP contribution in [0.25, 0.3) is 0 Å². The summed E-state index contributed by atoms with van der Waals surface area (Å²) >= 11 is 0. The Bertz CT molecular complexity index is 1010. The molecule has 2 aromatic carbocycles. The SMILES string of the molecule is N#CCc1ccc(Nc2ccc(S(=O)(=O)N3CCOCC3)cc2[N+](=O)[O-])cc1. The number of nitro benzene ring substituents is 1. The highest BCUT2D eigenvalue weighted by Crippen LogP contribution is 2.31. The number of benzene rings is 2. The van der Waals surface area contributed by atoms with Crippen LogP contribution in [-0.2, 0) is 21.2 Å². The Morgan fingerprint density at radius 3 is 2.46 bits per heavy atom. The summed E-state index contributed by atoms with van der Waals surface area (Å²) in [6.07, 6.45) is 0.272. The minimum Gasteiger partial charge on any atom is -0.379 e. The van der Waals surface area contributed by atoms with Gasteiger partial charge in [0, 0.05) is 24.8 Å². The first-order valence-corrected chi connectivity index (χ1v) is 9.95. The fourth-order valence-corrected chi connectivity index (χ4v) is 4.25. The zero-order chi connectivity index (χ0) is 20.1. The van der Waals surface area contributed by atoms with Crippen molar-refractivity contribution >= 4 is 27.1 Å². The zero-order valence-electron chi connectivity index (χ0n) is 14.9. The molecule has 1 saturated heterocycles. The average Bonchev–Trinajstić information content (AvgIpc) is 2.70. The Morgan fingerprint density at radius 1 is 1.18 bits per heavy atom. The van der Waals surface area contributed by atoms with Crippen molar-refractivity contribution in [2.45, 2.75) is 11.3 Å². The molecule has 0 unspecified atom stereocenters. The lowest BCUT2D eigenvalue weighted by atomic mass is 10.1. The summed E-state index contributed by atoms with van der Waals surface area (Å²) in [5.74, 6) is 0. The van der Waals surface area contributed by atoms with Crippen molar-refractivity contribution in [1.82, 2.24) is 4.31 Å². The van der Waals surface area contributed by atoms with Gasteiger partial charge >= 0.3 is 0 Å². The number of nitrogens with zero attached hydrogens (tertiary/aromatic N) is 3. The summed E-state index contributed by atoms with van der Waals surface area (Å²) in [4.78, 5) is 10.8. The average molecular weight is 402 g/mol. The minimum absolute atomic E-state index is 0.129. The highest BCUT2D eigenvalue weighted by Gasteiger charge is 2.28. The van der Waals surface area contributed by atoms with E-state index in [1.807, 2.05) is 6.07 Å². The van der Waals surface area contributed by atoms with Crippen LogP contribution in [0.15, 0.2) is 47.4 Å². The Labute approximate surface area is 162 Å². The maximum Gasteiger partial charge on any atom is 0.294 e. The van der Waals surface area contributed by atoms with E-state index in [1.54, 1.807) is 24.3 Å². The van der Waals surface area contributed by atoms with Crippen LogP contribution in [0.4, 0.5) is 17.1 Å². The highest BCUT2D eigenvalue weighted by molar-refractivity contribution is 7.89. The van der Waals surface area contributed by atoms with Crippen molar-refractivity contribution < 1.29 is 18.1 Å². The first-order chi connectivity index (χ1) is 13.4. The monoisotopic (exact) mass is 402 g/mol. The quantitative estimate of drug-likeness (QED) is 0.581. The van der Waals surface area contributed by atoms with E-state index in [-0.39, 0.29) is 35.8 Å². The molecule has 0 aliphatic carbocycles. The number of ether oxygens (including phenoxy) is 1. The van der Waals surface area contributed by atoms with E-state index in [0.29, 0.717) is 18.9 Å². The Kier molecular flexibility index (Phi) is 5.89. The van der Waals surface area contributed by atoms with Crippen LogP contribution in [-0.4, -0.2) is 43.9 Å². The molecule has 1 N–H and O–H groups in total. The van der Waals surface area contributed by atoms with Crippen molar-refractivity contribution in [3.05, 3.63) is 58.1 Å². The molecule has 0 amide bonds. The number of nitrogens with one attached hydrogen (secondary N) is 1. The summed E-state index contributed by atoms with van der Waals surface area (Å²) < 4.78 is 31.9. The second-order valence-corrected chi connectivity index (χ2v) is 8.05. The summed E-state index contributed by atoms with van der Waals surface area (Å²) in [5.41, 5.74) is 1.26. The largest absolute Gasteiger partial charge is 0.379 e. The van der Waals surface area contributed by atoms with Crippen LogP contribution < -0.4 is 5.32 Å². The molecule has 1 heterocycles. The fourth-order valence-electron chi connectivity index (χ4n) is 2.82. The first-order valence-electron chi connectivity index (χ1n) is 8.51. The van der Waals surface area contributed by atoms with Crippen molar-refractivity contribution in [2.24, 2.45) is 0 Å². The predicted octanol–water partition coefficient (Wildman–Crippen LogP) is 2.43. The van der Waals surface area contributed by atoms with E-state index in [0.717, 1.165) is 11.6 Å². The maximum absolute atomic E-state index is 12.7. The third kappa shape index (κ3) is 4.28. The van der Waals surface area contributed by atoms with Gasteiger partial charge in [0.05, 0.1) is 35.5 Å². The zero-order valence-corrected chi connectivity index (χ0v) is 15.7. The molecular formula is C18H18N4O5S. The molecule has 10 heteroatoms. The third-order valence-corrected chi connectivity index (χ3v) is 6.18. The second-order valence-electron chi connectivity index (χ2n) is 6.11. The molecule has 146 valence electrons. The van der Waals surface area contributed by atoms with E-state index in [4.69, 9.17) is 10.00 Å². The third-order valence-electron chi connectivity index (χ3n) is 4.29. The number of rotatable bonds is 6. The van der Waals surface area contributed by atoms with Crippen molar-refractivity contribution in [3.8, 4) is 6.07 Å². The van der Waals surface area contributed by atoms with E-state index in [1.165, 1.54) is 16.4 Å². The van der Waals surface area contributed by atoms with Gasteiger partial charge in [0.25, 0.3) is 5.69 Å². The van der Waals surface area contributed by atoms with Gasteiger partial charge in [-0.15, -0.1) is 0 Å². The molecule has 28 heavy (non-hydrogen) atoms. The molecule has 3 rings (SSSR count). The molecule has 0 bridgehead atoms. The number of morpholine rings is 1. The Hall–Kier alpha value is -3.00. The number of hydrogen-bond donors (Lipinski definition) is 1. The van der Waals surface area contributed by atoms with E-state index in [2.05, 4.69) is 5.32 Å². The summed E-state index contributed by atoms with van der Waals surface area (Å²) in [5, 5.41) is 23.1. The standard InChI is InChI=1S/C18H18N4O5S/c19-8-7-14-1-3-15(4-2-14)20-17-6-5-16(13-18(17)22(23)24)28(25,26)21-9-11-27-12-10-21/h1-6,13,20H,7,9-12H2. The van der Waals surface area contributed by atoms with Gasteiger partial charge in [-0.3, -0.25) is 10.1 Å². The highest BCUT2D eigenvalue weighted by atomic mass is 32.2. The summed E-state index contributed by atoms with van der Waals surface area (Å²) in [6.45, 7) is 1.02. The van der Waals surface area contributed by atoms with Gasteiger partial charge in [-0.2, -0.15) is 9.57 Å². The molecule has 9 nitrogen and oxygen atoms in total. The van der Waals surface area contributed by atoms with Crippen LogP contribution in [0.5, 0.6) is 0 Å². The number of hydrogen-bond acceptors (Lipinski definition) is 7. The molecule has 0 radical (unpaired) electrons. The van der Waals surface area contributed by atoms with E-state index >= 15 is 0 Å². The molecule has 0 aromatic heterocycles. The number of anilines is 2. The van der Waals surface area contributed by atoms with Gasteiger partial charge in [-0.1, -0.05) is 12.1 Å². The van der Waals surface area contributed by atoms with Crippen LogP contribution in [0, 0.1) is 21.4 Å². The molecule has 0 spiro atoms. The van der Waals surface area contributed by atoms with Crippen molar-refractivity contribution in [3.63, 3.8) is 0 Å². The van der Waals surface area contributed by atoms with Crippen LogP contribution >= 0.6 is 0 Å². The van der Waals surface area contributed by atoms with Gasteiger partial charge in [0.15, 0.2) is 0 Å². The molecule has 1 fully saturated rings. The van der Waals surface area contributed by atoms with Crippen LogP contribution in [0.3, 0.4) is 0 Å². The Balaban J connectivity index is 1.89. The van der Waals surface area contributed by atoms with Gasteiger partial charge in [0.1, 0.15) is 5.69 Å². The summed E-state index contributed by atoms with van der Waals surface area (Å²) in [6, 6.07) is 12.7.